The van der Waals surface area contributed by atoms with E-state index < -0.39 is 10.0 Å². The van der Waals surface area contributed by atoms with Crippen LogP contribution in [-0.2, 0) is 16.6 Å². The zero-order chi connectivity index (χ0) is 12.2. The van der Waals surface area contributed by atoms with Gasteiger partial charge in [-0.05, 0) is 50.9 Å². The Bertz CT molecular complexity index is 425. The minimum atomic E-state index is -3.32. The van der Waals surface area contributed by atoms with E-state index >= 15 is 0 Å². The molecule has 0 aliphatic heterocycles. The molecule has 0 fully saturated rings. The van der Waals surface area contributed by atoms with E-state index in [4.69, 9.17) is 5.14 Å². The van der Waals surface area contributed by atoms with Crippen molar-refractivity contribution >= 4 is 53.2 Å². The van der Waals surface area contributed by atoms with Crippen LogP contribution in [0.25, 0.3) is 0 Å². The van der Waals surface area contributed by atoms with Crippen LogP contribution >= 0.6 is 43.2 Å². The van der Waals surface area contributed by atoms with Crippen LogP contribution in [0.2, 0.25) is 0 Å². The topological polar surface area (TPSA) is 72.2 Å². The molecule has 1 rings (SSSR count). The highest BCUT2D eigenvalue weighted by Crippen LogP contribution is 2.32. The largest absolute Gasteiger partial charge is 0.312 e. The van der Waals surface area contributed by atoms with E-state index in [1.807, 2.05) is 6.07 Å². The van der Waals surface area contributed by atoms with Crippen molar-refractivity contribution in [3.63, 3.8) is 0 Å². The van der Waals surface area contributed by atoms with E-state index in [-0.39, 0.29) is 5.75 Å². The van der Waals surface area contributed by atoms with Gasteiger partial charge >= 0.3 is 0 Å². The summed E-state index contributed by atoms with van der Waals surface area (Å²) in [7, 11) is -3.32. The number of primary sulfonamides is 1. The van der Waals surface area contributed by atoms with Crippen LogP contribution in [0.1, 0.15) is 11.3 Å². The first-order valence-corrected chi connectivity index (χ1v) is 8.65. The number of hydrogen-bond acceptors (Lipinski definition) is 4. The fourth-order valence-corrected chi connectivity index (χ4v) is 3.78. The molecule has 0 bridgehead atoms. The molecule has 16 heavy (non-hydrogen) atoms. The summed E-state index contributed by atoms with van der Waals surface area (Å²) >= 11 is 8.46. The van der Waals surface area contributed by atoms with Crippen molar-refractivity contribution in [2.45, 2.75) is 13.0 Å². The SMILES string of the molecule is NS(=O)(=O)CCCNCc1cc(Br)c(Br)s1. The van der Waals surface area contributed by atoms with Crippen molar-refractivity contribution in [1.82, 2.24) is 5.32 Å². The summed E-state index contributed by atoms with van der Waals surface area (Å²) in [5.74, 6) is 0.0256. The zero-order valence-corrected chi connectivity index (χ0v) is 13.2. The number of nitrogens with one attached hydrogen (secondary N) is 1. The van der Waals surface area contributed by atoms with Crippen LogP contribution in [-0.4, -0.2) is 20.7 Å². The number of rotatable bonds is 6. The van der Waals surface area contributed by atoms with Crippen molar-refractivity contribution in [3.8, 4) is 0 Å². The smallest absolute Gasteiger partial charge is 0.209 e. The van der Waals surface area contributed by atoms with E-state index in [0.29, 0.717) is 13.0 Å². The molecule has 3 N–H and O–H groups in total. The first kappa shape index (κ1) is 14.6. The molecule has 1 heterocycles. The molecule has 8 heteroatoms. The molecule has 0 saturated heterocycles. The fraction of sp³-hybridized carbons (Fsp3) is 0.500. The third kappa shape index (κ3) is 5.74. The molecule has 0 radical (unpaired) electrons. The highest BCUT2D eigenvalue weighted by molar-refractivity contribution is 9.13. The van der Waals surface area contributed by atoms with Gasteiger partial charge in [-0.3, -0.25) is 0 Å². The maximum atomic E-state index is 10.7. The van der Waals surface area contributed by atoms with Crippen molar-refractivity contribution in [3.05, 3.63) is 19.2 Å². The molecule has 0 atom stereocenters. The van der Waals surface area contributed by atoms with Gasteiger partial charge in [-0.1, -0.05) is 0 Å². The summed E-state index contributed by atoms with van der Waals surface area (Å²) in [5, 5.41) is 8.05. The number of sulfonamides is 1. The molecular weight excluding hydrogens is 380 g/mol. The second kappa shape index (κ2) is 6.46. The average Bonchev–Trinajstić information content (AvgIpc) is 2.44. The minimum absolute atomic E-state index is 0.0256. The van der Waals surface area contributed by atoms with Crippen molar-refractivity contribution < 1.29 is 8.42 Å². The van der Waals surface area contributed by atoms with E-state index in [2.05, 4.69) is 37.2 Å². The first-order chi connectivity index (χ1) is 7.38. The quantitative estimate of drug-likeness (QED) is 0.728. The maximum absolute atomic E-state index is 10.7. The highest BCUT2D eigenvalue weighted by atomic mass is 79.9. The molecule has 0 saturated carbocycles. The molecule has 0 unspecified atom stereocenters. The number of nitrogens with two attached hydrogens (primary N) is 1. The lowest BCUT2D eigenvalue weighted by Gasteiger charge is -2.01. The predicted molar refractivity (Wildman–Crippen MR) is 74.0 cm³/mol. The summed E-state index contributed by atoms with van der Waals surface area (Å²) in [6, 6.07) is 2.03. The third-order valence-corrected chi connectivity index (χ3v) is 5.89. The van der Waals surface area contributed by atoms with Gasteiger partial charge in [0.25, 0.3) is 0 Å². The summed E-state index contributed by atoms with van der Waals surface area (Å²) in [4.78, 5) is 1.19. The van der Waals surface area contributed by atoms with Gasteiger partial charge < -0.3 is 5.32 Å². The van der Waals surface area contributed by atoms with Gasteiger partial charge in [0.2, 0.25) is 10.0 Å². The van der Waals surface area contributed by atoms with Gasteiger partial charge in [0.05, 0.1) is 9.54 Å². The molecule has 0 spiro atoms. The second-order valence-corrected chi connectivity index (χ2v) is 8.27. The lowest BCUT2D eigenvalue weighted by atomic mass is 10.4. The Kier molecular flexibility index (Phi) is 5.89. The highest BCUT2D eigenvalue weighted by Gasteiger charge is 2.04. The first-order valence-electron chi connectivity index (χ1n) is 4.53. The van der Waals surface area contributed by atoms with Crippen LogP contribution in [0.5, 0.6) is 0 Å². The third-order valence-electron chi connectivity index (χ3n) is 1.78. The summed E-state index contributed by atoms with van der Waals surface area (Å²) < 4.78 is 23.4. The molecule has 1 aromatic rings. The van der Waals surface area contributed by atoms with Gasteiger partial charge in [0.15, 0.2) is 0 Å². The number of thiophene rings is 1. The van der Waals surface area contributed by atoms with Crippen LogP contribution in [0.3, 0.4) is 0 Å². The van der Waals surface area contributed by atoms with E-state index in [1.54, 1.807) is 11.3 Å². The molecule has 0 aromatic carbocycles. The molecule has 0 aliphatic rings. The second-order valence-electron chi connectivity index (χ2n) is 3.23. The molecule has 92 valence electrons. The van der Waals surface area contributed by atoms with Crippen LogP contribution < -0.4 is 10.5 Å². The number of halogens is 2. The Labute approximate surface area is 116 Å². The normalized spacial score (nSPS) is 11.9. The lowest BCUT2D eigenvalue weighted by Crippen LogP contribution is -2.21. The van der Waals surface area contributed by atoms with E-state index in [1.165, 1.54) is 4.88 Å². The maximum Gasteiger partial charge on any atom is 0.209 e. The molecule has 1 aromatic heterocycles. The van der Waals surface area contributed by atoms with E-state index in [0.717, 1.165) is 14.8 Å². The van der Waals surface area contributed by atoms with Crippen molar-refractivity contribution in [2.24, 2.45) is 5.14 Å². The molecule has 4 nitrogen and oxygen atoms in total. The summed E-state index contributed by atoms with van der Waals surface area (Å²) in [5.41, 5.74) is 0. The van der Waals surface area contributed by atoms with E-state index in [9.17, 15) is 8.42 Å². The molecule has 0 aliphatic carbocycles. The monoisotopic (exact) mass is 390 g/mol. The number of hydrogen-bond donors (Lipinski definition) is 2. The standard InChI is InChI=1S/C8H12Br2N2O2S2/c9-7-4-6(15-8(7)10)5-12-2-1-3-16(11,13)14/h4,12H,1-3,5H2,(H2,11,13,14). The molecular formula is C8H12Br2N2O2S2. The Morgan fingerprint density at radius 1 is 1.44 bits per heavy atom. The van der Waals surface area contributed by atoms with Gasteiger partial charge in [-0.15, -0.1) is 11.3 Å². The Hall–Kier alpha value is 0.530. The Morgan fingerprint density at radius 3 is 2.62 bits per heavy atom. The Balaban J connectivity index is 2.21. The fourth-order valence-electron chi connectivity index (χ4n) is 1.09. The zero-order valence-electron chi connectivity index (χ0n) is 8.37. The van der Waals surface area contributed by atoms with Gasteiger partial charge in [0, 0.05) is 15.9 Å². The lowest BCUT2D eigenvalue weighted by molar-refractivity contribution is 0.590. The molecule has 0 amide bonds. The van der Waals surface area contributed by atoms with Crippen LogP contribution in [0.4, 0.5) is 0 Å². The average molecular weight is 392 g/mol. The van der Waals surface area contributed by atoms with Gasteiger partial charge in [-0.25, -0.2) is 13.6 Å². The minimum Gasteiger partial charge on any atom is -0.312 e. The Morgan fingerprint density at radius 2 is 2.12 bits per heavy atom. The predicted octanol–water partition coefficient (Wildman–Crippen LogP) is 2.04. The van der Waals surface area contributed by atoms with Crippen molar-refractivity contribution in [2.75, 3.05) is 12.3 Å². The van der Waals surface area contributed by atoms with Gasteiger partial charge in [0.1, 0.15) is 0 Å². The summed E-state index contributed by atoms with van der Waals surface area (Å²) in [6.45, 7) is 1.38. The van der Waals surface area contributed by atoms with Crippen LogP contribution in [0.15, 0.2) is 14.3 Å². The van der Waals surface area contributed by atoms with Crippen molar-refractivity contribution in [1.29, 1.82) is 0 Å². The summed E-state index contributed by atoms with van der Waals surface area (Å²) in [6.07, 6.45) is 0.534. The van der Waals surface area contributed by atoms with Gasteiger partial charge in [-0.2, -0.15) is 0 Å². The van der Waals surface area contributed by atoms with Crippen LogP contribution in [0, 0.1) is 0 Å².